The fourth-order valence-electron chi connectivity index (χ4n) is 4.32. The largest absolute Gasteiger partial charge is 0.405 e. The second-order valence-corrected chi connectivity index (χ2v) is 7.91. The van der Waals surface area contributed by atoms with E-state index >= 15 is 0 Å². The van der Waals surface area contributed by atoms with Gasteiger partial charge >= 0.3 is 5.97 Å². The summed E-state index contributed by atoms with van der Waals surface area (Å²) < 4.78 is 5.60. The summed E-state index contributed by atoms with van der Waals surface area (Å²) in [5.74, 6) is -1.62. The molecular weight excluding hydrogens is 404 g/mol. The van der Waals surface area contributed by atoms with Crippen LogP contribution >= 0.6 is 0 Å². The number of amides is 2. The molecular formula is C26H20N2O4. The lowest BCUT2D eigenvalue weighted by Gasteiger charge is -2.25. The van der Waals surface area contributed by atoms with E-state index in [2.05, 4.69) is 0 Å². The maximum Gasteiger partial charge on any atom is 0.345 e. The van der Waals surface area contributed by atoms with Crippen molar-refractivity contribution in [2.75, 3.05) is 4.90 Å². The smallest absolute Gasteiger partial charge is 0.345 e. The average molecular weight is 424 g/mol. The molecule has 6 nitrogen and oxygen atoms in total. The number of rotatable bonds is 5. The summed E-state index contributed by atoms with van der Waals surface area (Å²) in [6.45, 7) is 0. The minimum Gasteiger partial charge on any atom is -0.405 e. The Balaban J connectivity index is 1.54. The van der Waals surface area contributed by atoms with Gasteiger partial charge in [-0.1, -0.05) is 66.7 Å². The first-order valence-corrected chi connectivity index (χ1v) is 10.4. The normalized spacial score (nSPS) is 22.8. The number of hydrogen-bond donors (Lipinski definition) is 0. The molecule has 2 heterocycles. The number of para-hydroxylation sites is 1. The number of aliphatic imine (C=N–C) groups is 1. The number of ether oxygens (including phenoxy) is 1. The predicted octanol–water partition coefficient (Wildman–Crippen LogP) is 3.86. The van der Waals surface area contributed by atoms with Crippen molar-refractivity contribution in [3.63, 3.8) is 0 Å². The van der Waals surface area contributed by atoms with Crippen molar-refractivity contribution in [2.45, 2.75) is 18.4 Å². The molecule has 5 rings (SSSR count). The van der Waals surface area contributed by atoms with Crippen LogP contribution in [0.5, 0.6) is 0 Å². The molecule has 2 aliphatic rings. The molecule has 2 amide bonds. The van der Waals surface area contributed by atoms with Crippen LogP contribution in [0.2, 0.25) is 0 Å². The van der Waals surface area contributed by atoms with Gasteiger partial charge in [-0.25, -0.2) is 9.79 Å². The number of hydrogen-bond acceptors (Lipinski definition) is 5. The van der Waals surface area contributed by atoms with Crippen LogP contribution in [0.1, 0.15) is 24.0 Å². The Morgan fingerprint density at radius 1 is 0.844 bits per heavy atom. The van der Waals surface area contributed by atoms with Crippen LogP contribution in [0.3, 0.4) is 0 Å². The van der Waals surface area contributed by atoms with Gasteiger partial charge in [0.15, 0.2) is 5.54 Å². The van der Waals surface area contributed by atoms with Crippen LogP contribution in [-0.4, -0.2) is 23.7 Å². The molecule has 0 N–H and O–H groups in total. The van der Waals surface area contributed by atoms with Crippen molar-refractivity contribution < 1.29 is 19.1 Å². The van der Waals surface area contributed by atoms with Crippen molar-refractivity contribution in [3.05, 3.63) is 102 Å². The van der Waals surface area contributed by atoms with E-state index < -0.39 is 17.4 Å². The van der Waals surface area contributed by atoms with E-state index in [-0.39, 0.29) is 30.6 Å². The van der Waals surface area contributed by atoms with Gasteiger partial charge in [-0.15, -0.1) is 0 Å². The molecule has 0 unspecified atom stereocenters. The highest BCUT2D eigenvalue weighted by molar-refractivity contribution is 6.21. The first kappa shape index (κ1) is 19.9. The van der Waals surface area contributed by atoms with Crippen LogP contribution < -0.4 is 4.90 Å². The Hall–Kier alpha value is -4.06. The van der Waals surface area contributed by atoms with E-state index in [1.54, 1.807) is 36.4 Å². The Labute approximate surface area is 185 Å². The number of anilines is 1. The molecule has 158 valence electrons. The van der Waals surface area contributed by atoms with E-state index in [1.807, 2.05) is 54.6 Å². The van der Waals surface area contributed by atoms with Gasteiger partial charge in [-0.3, -0.25) is 14.5 Å². The van der Waals surface area contributed by atoms with Gasteiger partial charge in [-0.2, -0.15) is 0 Å². The van der Waals surface area contributed by atoms with Gasteiger partial charge < -0.3 is 4.74 Å². The van der Waals surface area contributed by atoms with Gasteiger partial charge in [0.25, 0.3) is 0 Å². The van der Waals surface area contributed by atoms with Gasteiger partial charge in [0.05, 0.1) is 11.6 Å². The van der Waals surface area contributed by atoms with Crippen molar-refractivity contribution in [2.24, 2.45) is 10.9 Å². The van der Waals surface area contributed by atoms with Gasteiger partial charge in [-0.05, 0) is 36.2 Å². The van der Waals surface area contributed by atoms with Crippen LogP contribution in [0.4, 0.5) is 5.69 Å². The number of esters is 1. The third-order valence-corrected chi connectivity index (χ3v) is 5.89. The Bertz CT molecular complexity index is 1210. The number of cyclic esters (lactones) is 1. The molecule has 1 saturated heterocycles. The van der Waals surface area contributed by atoms with Crippen LogP contribution in [0, 0.1) is 5.92 Å². The lowest BCUT2D eigenvalue weighted by molar-refractivity contribution is -0.140. The topological polar surface area (TPSA) is 76.0 Å². The molecule has 3 aromatic rings. The summed E-state index contributed by atoms with van der Waals surface area (Å²) in [5.41, 5.74) is 0.452. The van der Waals surface area contributed by atoms with E-state index in [9.17, 15) is 14.4 Å². The maximum atomic E-state index is 13.3. The van der Waals surface area contributed by atoms with E-state index in [0.29, 0.717) is 16.8 Å². The lowest BCUT2D eigenvalue weighted by atomic mass is 9.81. The molecule has 0 aromatic heterocycles. The quantitative estimate of drug-likeness (QED) is 0.460. The number of carbonyl (C=O) groups is 3. The molecule has 2 atom stereocenters. The molecule has 0 aliphatic carbocycles. The zero-order valence-electron chi connectivity index (χ0n) is 17.2. The SMILES string of the molecule is O=C1C[C@@H](C[C@]2(c3ccccc3)N=C(c3ccccc3)OC2=O)C(=O)N1c1ccccc1. The number of benzene rings is 3. The fraction of sp³-hybridized carbons (Fsp3) is 0.154. The second kappa shape index (κ2) is 7.89. The van der Waals surface area contributed by atoms with Crippen LogP contribution in [0.15, 0.2) is 96.0 Å². The summed E-state index contributed by atoms with van der Waals surface area (Å²) in [6, 6.07) is 27.1. The molecule has 32 heavy (non-hydrogen) atoms. The van der Waals surface area contributed by atoms with Gasteiger partial charge in [0.2, 0.25) is 17.7 Å². The van der Waals surface area contributed by atoms with E-state index in [4.69, 9.17) is 9.73 Å². The standard InChI is InChI=1S/C26H20N2O4/c29-22-16-19(24(30)28(22)21-14-8-3-9-15-21)17-26(20-12-6-2-7-13-20)25(31)32-23(27-26)18-10-4-1-5-11-18/h1-15,19H,16-17H2/t19-,26+/m0/s1. The maximum absolute atomic E-state index is 13.3. The van der Waals surface area contributed by atoms with Crippen LogP contribution in [0.25, 0.3) is 0 Å². The highest BCUT2D eigenvalue weighted by Gasteiger charge is 2.53. The summed E-state index contributed by atoms with van der Waals surface area (Å²) >= 11 is 0. The molecule has 3 aromatic carbocycles. The van der Waals surface area contributed by atoms with Gasteiger partial charge in [0, 0.05) is 12.0 Å². The number of carbonyl (C=O) groups excluding carboxylic acids is 3. The predicted molar refractivity (Wildman–Crippen MR) is 119 cm³/mol. The van der Waals surface area contributed by atoms with Crippen molar-refractivity contribution in [1.82, 2.24) is 0 Å². The first-order valence-electron chi connectivity index (χ1n) is 10.4. The Kier molecular flexibility index (Phi) is 4.90. The summed E-state index contributed by atoms with van der Waals surface area (Å²) in [4.78, 5) is 45.2. The van der Waals surface area contributed by atoms with Crippen molar-refractivity contribution in [3.8, 4) is 0 Å². The number of imide groups is 1. The summed E-state index contributed by atoms with van der Waals surface area (Å²) in [7, 11) is 0. The van der Waals surface area contributed by atoms with Crippen molar-refractivity contribution >= 4 is 29.4 Å². The summed E-state index contributed by atoms with van der Waals surface area (Å²) in [6.07, 6.45) is 0.0753. The fourth-order valence-corrected chi connectivity index (χ4v) is 4.32. The first-order chi connectivity index (χ1) is 15.6. The monoisotopic (exact) mass is 424 g/mol. The molecule has 1 fully saturated rings. The zero-order chi connectivity index (χ0) is 22.1. The Morgan fingerprint density at radius 3 is 2.09 bits per heavy atom. The average Bonchev–Trinajstić information content (AvgIpc) is 3.31. The highest BCUT2D eigenvalue weighted by atomic mass is 16.6. The minimum absolute atomic E-state index is 0.0196. The van der Waals surface area contributed by atoms with E-state index in [0.717, 1.165) is 0 Å². The van der Waals surface area contributed by atoms with E-state index in [1.165, 1.54) is 4.90 Å². The third-order valence-electron chi connectivity index (χ3n) is 5.89. The molecule has 0 saturated carbocycles. The van der Waals surface area contributed by atoms with Gasteiger partial charge in [0.1, 0.15) is 0 Å². The molecule has 2 aliphatic heterocycles. The molecule has 0 bridgehead atoms. The second-order valence-electron chi connectivity index (χ2n) is 7.91. The molecule has 0 radical (unpaired) electrons. The third kappa shape index (κ3) is 3.30. The molecule has 0 spiro atoms. The lowest BCUT2D eigenvalue weighted by Crippen LogP contribution is -2.36. The molecule has 6 heteroatoms. The zero-order valence-corrected chi connectivity index (χ0v) is 17.2. The summed E-state index contributed by atoms with van der Waals surface area (Å²) in [5, 5.41) is 0. The minimum atomic E-state index is -1.39. The number of nitrogens with zero attached hydrogens (tertiary/aromatic N) is 2. The highest BCUT2D eigenvalue weighted by Crippen LogP contribution is 2.42. The van der Waals surface area contributed by atoms with Crippen LogP contribution in [-0.2, 0) is 24.7 Å². The van der Waals surface area contributed by atoms with Crippen molar-refractivity contribution in [1.29, 1.82) is 0 Å². The Morgan fingerprint density at radius 2 is 1.44 bits per heavy atom.